The quantitative estimate of drug-likeness (QED) is 0.738. The van der Waals surface area contributed by atoms with Gasteiger partial charge in [0.2, 0.25) is 5.91 Å². The molecule has 3 rings (SSSR count). The van der Waals surface area contributed by atoms with E-state index in [9.17, 15) is 14.0 Å². The zero-order chi connectivity index (χ0) is 19.8. The lowest BCUT2D eigenvalue weighted by molar-refractivity contribution is -0.140. The van der Waals surface area contributed by atoms with Gasteiger partial charge in [0.25, 0.3) is 5.91 Å². The van der Waals surface area contributed by atoms with Gasteiger partial charge in [-0.25, -0.2) is 4.39 Å². The molecule has 0 saturated carbocycles. The van der Waals surface area contributed by atoms with Crippen molar-refractivity contribution >= 4 is 11.8 Å². The van der Waals surface area contributed by atoms with Crippen molar-refractivity contribution in [3.63, 3.8) is 0 Å². The summed E-state index contributed by atoms with van der Waals surface area (Å²) in [5.41, 5.74) is 1.24. The van der Waals surface area contributed by atoms with Gasteiger partial charge in [-0.15, -0.1) is 0 Å². The molecule has 0 aromatic heterocycles. The van der Waals surface area contributed by atoms with E-state index in [1.165, 1.54) is 29.8 Å². The molecule has 148 valence electrons. The van der Waals surface area contributed by atoms with Crippen LogP contribution >= 0.6 is 0 Å². The number of amides is 2. The third-order valence-corrected chi connectivity index (χ3v) is 4.86. The predicted molar refractivity (Wildman–Crippen MR) is 104 cm³/mol. The van der Waals surface area contributed by atoms with Crippen molar-refractivity contribution in [2.45, 2.75) is 19.3 Å². The second-order valence-electron chi connectivity index (χ2n) is 6.84. The van der Waals surface area contributed by atoms with E-state index in [-0.39, 0.29) is 24.2 Å². The Morgan fingerprint density at radius 3 is 2.11 bits per heavy atom. The zero-order valence-corrected chi connectivity index (χ0v) is 15.9. The van der Waals surface area contributed by atoms with Gasteiger partial charge in [0.15, 0.2) is 6.61 Å². The van der Waals surface area contributed by atoms with E-state index in [0.717, 1.165) is 12.8 Å². The van der Waals surface area contributed by atoms with Gasteiger partial charge in [0.05, 0.1) is 0 Å². The highest BCUT2D eigenvalue weighted by Crippen LogP contribution is 2.12. The van der Waals surface area contributed by atoms with Gasteiger partial charge in [-0.1, -0.05) is 30.3 Å². The van der Waals surface area contributed by atoms with Crippen molar-refractivity contribution in [1.29, 1.82) is 0 Å². The lowest BCUT2D eigenvalue weighted by atomic mass is 10.1. The summed E-state index contributed by atoms with van der Waals surface area (Å²) in [5.74, 6) is 0.135. The van der Waals surface area contributed by atoms with Crippen molar-refractivity contribution < 1.29 is 18.7 Å². The van der Waals surface area contributed by atoms with Crippen LogP contribution in [0.4, 0.5) is 4.39 Å². The molecule has 6 heteroatoms. The molecule has 0 spiro atoms. The number of ether oxygens (including phenoxy) is 1. The molecule has 0 unspecified atom stereocenters. The van der Waals surface area contributed by atoms with Crippen LogP contribution in [0.1, 0.15) is 18.4 Å². The van der Waals surface area contributed by atoms with Crippen LogP contribution in [0, 0.1) is 5.82 Å². The van der Waals surface area contributed by atoms with Crippen LogP contribution in [0.15, 0.2) is 54.6 Å². The summed E-state index contributed by atoms with van der Waals surface area (Å²) < 4.78 is 18.3. The second kappa shape index (κ2) is 9.88. The van der Waals surface area contributed by atoms with E-state index in [1.807, 2.05) is 23.1 Å². The van der Waals surface area contributed by atoms with Crippen molar-refractivity contribution in [2.24, 2.45) is 0 Å². The van der Waals surface area contributed by atoms with E-state index in [1.54, 1.807) is 4.90 Å². The van der Waals surface area contributed by atoms with Gasteiger partial charge < -0.3 is 14.5 Å². The molecule has 0 atom stereocenters. The van der Waals surface area contributed by atoms with Crippen LogP contribution in [0.25, 0.3) is 0 Å². The first-order valence-electron chi connectivity index (χ1n) is 9.59. The monoisotopic (exact) mass is 384 g/mol. The first kappa shape index (κ1) is 19.9. The number of nitrogens with zero attached hydrogens (tertiary/aromatic N) is 2. The Morgan fingerprint density at radius 1 is 0.857 bits per heavy atom. The first-order valence-corrected chi connectivity index (χ1v) is 9.59. The Labute approximate surface area is 164 Å². The Morgan fingerprint density at radius 2 is 1.46 bits per heavy atom. The minimum absolute atomic E-state index is 0.0867. The molecule has 28 heavy (non-hydrogen) atoms. The van der Waals surface area contributed by atoms with Gasteiger partial charge in [0.1, 0.15) is 11.6 Å². The molecular formula is C22H25FN2O3. The fraction of sp³-hybridized carbons (Fsp3) is 0.364. The Kier molecular flexibility index (Phi) is 7.00. The third-order valence-electron chi connectivity index (χ3n) is 4.86. The number of halogens is 1. The third kappa shape index (κ3) is 5.81. The minimum atomic E-state index is -0.344. The molecule has 1 aliphatic heterocycles. The second-order valence-corrected chi connectivity index (χ2v) is 6.84. The van der Waals surface area contributed by atoms with Crippen molar-refractivity contribution in [2.75, 3.05) is 32.8 Å². The average molecular weight is 384 g/mol. The van der Waals surface area contributed by atoms with Crippen LogP contribution in [0.3, 0.4) is 0 Å². The molecule has 0 N–H and O–H groups in total. The normalized spacial score (nSPS) is 14.0. The van der Waals surface area contributed by atoms with Gasteiger partial charge in [0, 0.05) is 32.6 Å². The summed E-state index contributed by atoms with van der Waals surface area (Å²) in [6.45, 7) is 2.03. The maximum Gasteiger partial charge on any atom is 0.260 e. The number of piperazine rings is 1. The molecule has 2 amide bonds. The standard InChI is InChI=1S/C22H25FN2O3/c23-19-9-11-20(12-10-19)28-17-22(27)25-15-13-24(14-16-25)21(26)8-4-7-18-5-2-1-3-6-18/h1-3,5-6,9-12H,4,7-8,13-17H2. The summed E-state index contributed by atoms with van der Waals surface area (Å²) in [5, 5.41) is 0. The number of hydrogen-bond acceptors (Lipinski definition) is 3. The number of benzene rings is 2. The fourth-order valence-electron chi connectivity index (χ4n) is 3.22. The van der Waals surface area contributed by atoms with E-state index in [2.05, 4.69) is 12.1 Å². The highest BCUT2D eigenvalue weighted by Gasteiger charge is 2.24. The van der Waals surface area contributed by atoms with Gasteiger partial charge in [-0.05, 0) is 42.7 Å². The molecule has 2 aromatic carbocycles. The van der Waals surface area contributed by atoms with Gasteiger partial charge in [-0.3, -0.25) is 9.59 Å². The summed E-state index contributed by atoms with van der Waals surface area (Å²) in [7, 11) is 0. The summed E-state index contributed by atoms with van der Waals surface area (Å²) in [4.78, 5) is 28.2. The van der Waals surface area contributed by atoms with Crippen LogP contribution < -0.4 is 4.74 Å². The van der Waals surface area contributed by atoms with E-state index < -0.39 is 0 Å². The summed E-state index contributed by atoms with van der Waals surface area (Å²) in [6, 6.07) is 15.7. The molecule has 1 heterocycles. The molecule has 0 bridgehead atoms. The molecule has 2 aromatic rings. The maximum absolute atomic E-state index is 12.9. The van der Waals surface area contributed by atoms with Gasteiger partial charge in [-0.2, -0.15) is 0 Å². The molecule has 5 nitrogen and oxygen atoms in total. The SMILES string of the molecule is O=C(CCCc1ccccc1)N1CCN(C(=O)COc2ccc(F)cc2)CC1. The average Bonchev–Trinajstić information content (AvgIpc) is 2.74. The minimum Gasteiger partial charge on any atom is -0.484 e. The molecule has 0 radical (unpaired) electrons. The number of aryl methyl sites for hydroxylation is 1. The Hall–Kier alpha value is -2.89. The molecule has 1 aliphatic rings. The Bertz CT molecular complexity index is 772. The topological polar surface area (TPSA) is 49.9 Å². The van der Waals surface area contributed by atoms with Crippen molar-refractivity contribution in [3.05, 3.63) is 66.0 Å². The van der Waals surface area contributed by atoms with E-state index in [4.69, 9.17) is 4.74 Å². The largest absolute Gasteiger partial charge is 0.484 e. The summed E-state index contributed by atoms with van der Waals surface area (Å²) in [6.07, 6.45) is 2.25. The molecule has 1 fully saturated rings. The van der Waals surface area contributed by atoms with Crippen LogP contribution in [-0.2, 0) is 16.0 Å². The van der Waals surface area contributed by atoms with Gasteiger partial charge >= 0.3 is 0 Å². The van der Waals surface area contributed by atoms with Crippen LogP contribution in [0.5, 0.6) is 5.75 Å². The zero-order valence-electron chi connectivity index (χ0n) is 15.9. The van der Waals surface area contributed by atoms with E-state index >= 15 is 0 Å². The number of hydrogen-bond donors (Lipinski definition) is 0. The van der Waals surface area contributed by atoms with Crippen molar-refractivity contribution in [1.82, 2.24) is 9.80 Å². The Balaban J connectivity index is 1.35. The number of carbonyl (C=O) groups excluding carboxylic acids is 2. The van der Waals surface area contributed by atoms with Crippen molar-refractivity contribution in [3.8, 4) is 5.75 Å². The van der Waals surface area contributed by atoms with Crippen LogP contribution in [-0.4, -0.2) is 54.4 Å². The molecule has 0 aliphatic carbocycles. The van der Waals surface area contributed by atoms with E-state index in [0.29, 0.717) is 38.3 Å². The number of carbonyl (C=O) groups is 2. The highest BCUT2D eigenvalue weighted by molar-refractivity contribution is 5.79. The molecular weight excluding hydrogens is 359 g/mol. The summed E-state index contributed by atoms with van der Waals surface area (Å²) >= 11 is 0. The lowest BCUT2D eigenvalue weighted by Gasteiger charge is -2.34. The first-order chi connectivity index (χ1) is 13.6. The smallest absolute Gasteiger partial charge is 0.260 e. The van der Waals surface area contributed by atoms with Crippen LogP contribution in [0.2, 0.25) is 0 Å². The number of rotatable bonds is 7. The highest BCUT2D eigenvalue weighted by atomic mass is 19.1. The molecule has 1 saturated heterocycles. The predicted octanol–water partition coefficient (Wildman–Crippen LogP) is 2.90. The maximum atomic E-state index is 12.9. The lowest BCUT2D eigenvalue weighted by Crippen LogP contribution is -2.51. The fourth-order valence-corrected chi connectivity index (χ4v) is 3.22.